The molecule has 0 saturated heterocycles. The van der Waals surface area contributed by atoms with E-state index in [0.717, 1.165) is 11.4 Å². The largest absolute Gasteiger partial charge is 0.382 e. The number of nitrogens with zero attached hydrogens (tertiary/aromatic N) is 2. The lowest BCUT2D eigenvalue weighted by atomic mass is 10.1. The summed E-state index contributed by atoms with van der Waals surface area (Å²) in [7, 11) is 1.88. The highest BCUT2D eigenvalue weighted by Crippen LogP contribution is 2.38. The first-order chi connectivity index (χ1) is 8.37. The first-order valence-corrected chi connectivity index (χ1v) is 6.52. The van der Waals surface area contributed by atoms with Gasteiger partial charge < -0.3 is 5.32 Å². The Morgan fingerprint density at radius 1 is 1.56 bits per heavy atom. The lowest BCUT2D eigenvalue weighted by Crippen LogP contribution is -2.15. The van der Waals surface area contributed by atoms with E-state index < -0.39 is 5.92 Å². The molecule has 0 amide bonds. The molecule has 0 aliphatic heterocycles. The summed E-state index contributed by atoms with van der Waals surface area (Å²) in [6, 6.07) is 0. The highest BCUT2D eigenvalue weighted by molar-refractivity contribution is 5.47. The van der Waals surface area contributed by atoms with Crippen molar-refractivity contribution in [2.45, 2.75) is 45.0 Å². The van der Waals surface area contributed by atoms with Crippen molar-refractivity contribution < 1.29 is 8.78 Å². The SMILES string of the molecule is CC(C)c1nn(C)cc1NCC1CCC(F)(F)C1. The van der Waals surface area contributed by atoms with Crippen LogP contribution < -0.4 is 5.32 Å². The van der Waals surface area contributed by atoms with Crippen LogP contribution in [0.1, 0.15) is 44.7 Å². The van der Waals surface area contributed by atoms with Crippen molar-refractivity contribution in [3.05, 3.63) is 11.9 Å². The Balaban J connectivity index is 1.94. The average Bonchev–Trinajstić information content (AvgIpc) is 2.78. The Labute approximate surface area is 107 Å². The van der Waals surface area contributed by atoms with E-state index in [1.807, 2.05) is 13.2 Å². The van der Waals surface area contributed by atoms with Gasteiger partial charge in [0.2, 0.25) is 5.92 Å². The van der Waals surface area contributed by atoms with Crippen LogP contribution in [0.2, 0.25) is 0 Å². The summed E-state index contributed by atoms with van der Waals surface area (Å²) >= 11 is 0. The molecule has 0 bridgehead atoms. The molecule has 1 unspecified atom stereocenters. The standard InChI is InChI=1S/C13H21F2N3/c1-9(2)12-11(8-18(3)17-12)16-7-10-4-5-13(14,15)6-10/h8-10,16H,4-7H2,1-3H3. The van der Waals surface area contributed by atoms with Crippen LogP contribution in [0.15, 0.2) is 6.20 Å². The molecule has 3 nitrogen and oxygen atoms in total. The van der Waals surface area contributed by atoms with Gasteiger partial charge in [-0.3, -0.25) is 4.68 Å². The second-order valence-corrected chi connectivity index (χ2v) is 5.60. The molecule has 1 saturated carbocycles. The van der Waals surface area contributed by atoms with Gasteiger partial charge in [0, 0.05) is 32.6 Å². The van der Waals surface area contributed by atoms with E-state index in [1.165, 1.54) is 0 Å². The van der Waals surface area contributed by atoms with Gasteiger partial charge in [-0.2, -0.15) is 5.10 Å². The molecule has 1 fully saturated rings. The fourth-order valence-corrected chi connectivity index (χ4v) is 2.54. The van der Waals surface area contributed by atoms with Crippen LogP contribution in [0.3, 0.4) is 0 Å². The number of alkyl halides is 2. The van der Waals surface area contributed by atoms with Crippen molar-refractivity contribution >= 4 is 5.69 Å². The molecule has 5 heteroatoms. The predicted molar refractivity (Wildman–Crippen MR) is 68.1 cm³/mol. The maximum absolute atomic E-state index is 13.1. The van der Waals surface area contributed by atoms with Crippen LogP contribution in [-0.2, 0) is 7.05 Å². The van der Waals surface area contributed by atoms with Gasteiger partial charge in [-0.25, -0.2) is 8.78 Å². The highest BCUT2D eigenvalue weighted by Gasteiger charge is 2.39. The van der Waals surface area contributed by atoms with Gasteiger partial charge in [-0.15, -0.1) is 0 Å². The van der Waals surface area contributed by atoms with E-state index in [2.05, 4.69) is 24.3 Å². The smallest absolute Gasteiger partial charge is 0.248 e. The van der Waals surface area contributed by atoms with Crippen LogP contribution >= 0.6 is 0 Å². The maximum atomic E-state index is 13.1. The third-order valence-corrected chi connectivity index (χ3v) is 3.49. The number of hydrogen-bond donors (Lipinski definition) is 1. The number of anilines is 1. The van der Waals surface area contributed by atoms with E-state index in [9.17, 15) is 8.78 Å². The van der Waals surface area contributed by atoms with Gasteiger partial charge >= 0.3 is 0 Å². The minimum absolute atomic E-state index is 0.0112. The van der Waals surface area contributed by atoms with E-state index in [4.69, 9.17) is 0 Å². The summed E-state index contributed by atoms with van der Waals surface area (Å²) in [4.78, 5) is 0. The van der Waals surface area contributed by atoms with E-state index >= 15 is 0 Å². The van der Waals surface area contributed by atoms with Crippen molar-refractivity contribution in [2.24, 2.45) is 13.0 Å². The molecule has 0 spiro atoms. The summed E-state index contributed by atoms with van der Waals surface area (Å²) in [5.41, 5.74) is 1.98. The lowest BCUT2D eigenvalue weighted by molar-refractivity contribution is 0.00556. The quantitative estimate of drug-likeness (QED) is 0.896. The molecule has 2 rings (SSSR count). The monoisotopic (exact) mass is 257 g/mol. The molecule has 0 radical (unpaired) electrons. The van der Waals surface area contributed by atoms with Crippen molar-refractivity contribution in [3.8, 4) is 0 Å². The molecule has 1 aromatic heterocycles. The molecule has 1 aliphatic rings. The van der Waals surface area contributed by atoms with Gasteiger partial charge in [-0.05, 0) is 18.3 Å². The Morgan fingerprint density at radius 2 is 2.28 bits per heavy atom. The fraction of sp³-hybridized carbons (Fsp3) is 0.769. The van der Waals surface area contributed by atoms with Gasteiger partial charge in [0.1, 0.15) is 0 Å². The molecular formula is C13H21F2N3. The Morgan fingerprint density at radius 3 is 2.83 bits per heavy atom. The fourth-order valence-electron chi connectivity index (χ4n) is 2.54. The number of aromatic nitrogens is 2. The molecule has 1 heterocycles. The van der Waals surface area contributed by atoms with Crippen LogP contribution in [0.25, 0.3) is 0 Å². The molecular weight excluding hydrogens is 236 g/mol. The number of halogens is 2. The summed E-state index contributed by atoms with van der Waals surface area (Å²) in [5, 5.41) is 7.67. The molecule has 0 aromatic carbocycles. The minimum Gasteiger partial charge on any atom is -0.382 e. The number of rotatable bonds is 4. The maximum Gasteiger partial charge on any atom is 0.248 e. The van der Waals surface area contributed by atoms with E-state index in [-0.39, 0.29) is 18.8 Å². The van der Waals surface area contributed by atoms with Crippen LogP contribution in [0, 0.1) is 5.92 Å². The van der Waals surface area contributed by atoms with Gasteiger partial charge in [0.05, 0.1) is 11.4 Å². The Bertz CT molecular complexity index is 412. The van der Waals surface area contributed by atoms with Gasteiger partial charge in [-0.1, -0.05) is 13.8 Å². The van der Waals surface area contributed by atoms with Crippen molar-refractivity contribution in [2.75, 3.05) is 11.9 Å². The first kappa shape index (κ1) is 13.3. The third-order valence-electron chi connectivity index (χ3n) is 3.49. The topological polar surface area (TPSA) is 29.9 Å². The van der Waals surface area contributed by atoms with Crippen LogP contribution in [0.4, 0.5) is 14.5 Å². The molecule has 1 aromatic rings. The molecule has 1 aliphatic carbocycles. The van der Waals surface area contributed by atoms with E-state index in [1.54, 1.807) is 4.68 Å². The zero-order valence-electron chi connectivity index (χ0n) is 11.2. The predicted octanol–water partition coefficient (Wildman–Crippen LogP) is 3.39. The van der Waals surface area contributed by atoms with Gasteiger partial charge in [0.25, 0.3) is 0 Å². The summed E-state index contributed by atoms with van der Waals surface area (Å²) in [6.07, 6.45) is 2.57. The number of hydrogen-bond acceptors (Lipinski definition) is 2. The summed E-state index contributed by atoms with van der Waals surface area (Å²) < 4.78 is 27.9. The summed E-state index contributed by atoms with van der Waals surface area (Å²) in [5.74, 6) is -2.05. The Hall–Kier alpha value is -1.13. The number of nitrogens with one attached hydrogen (secondary N) is 1. The second kappa shape index (κ2) is 4.86. The zero-order chi connectivity index (χ0) is 13.3. The second-order valence-electron chi connectivity index (χ2n) is 5.60. The van der Waals surface area contributed by atoms with Crippen LogP contribution in [-0.4, -0.2) is 22.2 Å². The summed E-state index contributed by atoms with van der Waals surface area (Å²) in [6.45, 7) is 4.77. The van der Waals surface area contributed by atoms with Crippen molar-refractivity contribution in [3.63, 3.8) is 0 Å². The molecule has 1 N–H and O–H groups in total. The highest BCUT2D eigenvalue weighted by atomic mass is 19.3. The van der Waals surface area contributed by atoms with E-state index in [0.29, 0.717) is 18.9 Å². The average molecular weight is 257 g/mol. The zero-order valence-corrected chi connectivity index (χ0v) is 11.2. The molecule has 1 atom stereocenters. The normalized spacial score (nSPS) is 22.7. The Kier molecular flexibility index (Phi) is 3.59. The third kappa shape index (κ3) is 3.00. The van der Waals surface area contributed by atoms with Crippen molar-refractivity contribution in [1.82, 2.24) is 9.78 Å². The number of aryl methyl sites for hydroxylation is 1. The van der Waals surface area contributed by atoms with Gasteiger partial charge in [0.15, 0.2) is 0 Å². The minimum atomic E-state index is -2.46. The van der Waals surface area contributed by atoms with Crippen molar-refractivity contribution in [1.29, 1.82) is 0 Å². The lowest BCUT2D eigenvalue weighted by Gasteiger charge is -2.13. The molecule has 102 valence electrons. The van der Waals surface area contributed by atoms with Crippen LogP contribution in [0.5, 0.6) is 0 Å². The molecule has 18 heavy (non-hydrogen) atoms. The first-order valence-electron chi connectivity index (χ1n) is 6.52.